The molecule has 0 aliphatic heterocycles. The van der Waals surface area contributed by atoms with Gasteiger partial charge in [-0.1, -0.05) is 35.0 Å². The molecule has 0 spiro atoms. The van der Waals surface area contributed by atoms with Crippen LogP contribution in [0.5, 0.6) is 11.5 Å². The fourth-order valence-electron chi connectivity index (χ4n) is 2.20. The number of carbonyl (C=O) groups excluding carboxylic acids is 1. The summed E-state index contributed by atoms with van der Waals surface area (Å²) < 4.78 is 13.2. The van der Waals surface area contributed by atoms with Gasteiger partial charge in [0.1, 0.15) is 17.2 Å². The Labute approximate surface area is 164 Å². The Morgan fingerprint density at radius 2 is 1.60 bits per heavy atom. The van der Waals surface area contributed by atoms with Crippen molar-refractivity contribution >= 4 is 52.8 Å². The molecule has 2 heterocycles. The summed E-state index contributed by atoms with van der Waals surface area (Å²) >= 11 is 6.55. The first-order valence-corrected chi connectivity index (χ1v) is 11.6. The van der Waals surface area contributed by atoms with Crippen molar-refractivity contribution in [2.45, 2.75) is 19.0 Å². The van der Waals surface area contributed by atoms with Gasteiger partial charge in [0.05, 0.1) is 0 Å². The second-order valence-electron chi connectivity index (χ2n) is 5.16. The SMILES string of the molecule is CCC(=O)C(c1ccc(Br)cc1)P(Oc1ccsc1)Oc1ccsc1. The van der Waals surface area contributed by atoms with Crippen molar-refractivity contribution in [2.75, 3.05) is 0 Å². The van der Waals surface area contributed by atoms with Gasteiger partial charge in [-0.2, -0.15) is 0 Å². The Morgan fingerprint density at radius 1 is 1.04 bits per heavy atom. The van der Waals surface area contributed by atoms with Gasteiger partial charge in [0, 0.05) is 21.7 Å². The van der Waals surface area contributed by atoms with E-state index in [1.165, 1.54) is 0 Å². The van der Waals surface area contributed by atoms with Gasteiger partial charge in [0.25, 0.3) is 0 Å². The number of ketones is 1. The van der Waals surface area contributed by atoms with E-state index >= 15 is 0 Å². The monoisotopic (exact) mass is 454 g/mol. The molecule has 3 nitrogen and oxygen atoms in total. The van der Waals surface area contributed by atoms with Crippen LogP contribution in [-0.4, -0.2) is 5.78 Å². The number of carbonyl (C=O) groups is 1. The van der Waals surface area contributed by atoms with Gasteiger partial charge in [-0.05, 0) is 40.6 Å². The van der Waals surface area contributed by atoms with Gasteiger partial charge >= 0.3 is 8.38 Å². The molecule has 0 fully saturated rings. The normalized spacial score (nSPS) is 12.1. The lowest BCUT2D eigenvalue weighted by atomic mass is 10.1. The second-order valence-corrected chi connectivity index (χ2v) is 9.09. The van der Waals surface area contributed by atoms with E-state index in [1.807, 2.05) is 64.8 Å². The molecule has 3 aromatic rings. The topological polar surface area (TPSA) is 35.5 Å². The fraction of sp³-hybridized carbons (Fsp3) is 0.167. The Balaban J connectivity index is 1.95. The van der Waals surface area contributed by atoms with Crippen molar-refractivity contribution in [1.29, 1.82) is 0 Å². The van der Waals surface area contributed by atoms with Gasteiger partial charge < -0.3 is 9.05 Å². The molecule has 1 unspecified atom stereocenters. The highest BCUT2D eigenvalue weighted by Crippen LogP contribution is 2.54. The largest absolute Gasteiger partial charge is 0.437 e. The predicted molar refractivity (Wildman–Crippen MR) is 109 cm³/mol. The average Bonchev–Trinajstić information content (AvgIpc) is 3.30. The summed E-state index contributed by atoms with van der Waals surface area (Å²) in [6.45, 7) is 1.87. The van der Waals surface area contributed by atoms with Crippen molar-refractivity contribution < 1.29 is 13.8 Å². The highest BCUT2D eigenvalue weighted by molar-refractivity contribution is 9.10. The van der Waals surface area contributed by atoms with Crippen LogP contribution < -0.4 is 9.05 Å². The van der Waals surface area contributed by atoms with Gasteiger partial charge in [-0.25, -0.2) is 0 Å². The van der Waals surface area contributed by atoms with E-state index in [1.54, 1.807) is 22.7 Å². The third-order valence-electron chi connectivity index (χ3n) is 3.43. The minimum Gasteiger partial charge on any atom is -0.437 e. The highest BCUT2D eigenvalue weighted by Gasteiger charge is 2.34. The molecule has 7 heteroatoms. The van der Waals surface area contributed by atoms with Crippen LogP contribution in [0.3, 0.4) is 0 Å². The molecule has 0 amide bonds. The molecule has 0 saturated carbocycles. The van der Waals surface area contributed by atoms with Crippen molar-refractivity contribution in [2.24, 2.45) is 0 Å². The molecule has 3 rings (SSSR count). The molecule has 0 saturated heterocycles. The number of halogens is 1. The minimum absolute atomic E-state index is 0.110. The zero-order valence-corrected chi connectivity index (χ0v) is 17.5. The van der Waals surface area contributed by atoms with Gasteiger partial charge in [-0.15, -0.1) is 22.7 Å². The smallest absolute Gasteiger partial charge is 0.306 e. The third kappa shape index (κ3) is 4.91. The second kappa shape index (κ2) is 8.95. The average molecular weight is 455 g/mol. The predicted octanol–water partition coefficient (Wildman–Crippen LogP) is 7.06. The summed E-state index contributed by atoms with van der Waals surface area (Å²) in [6.07, 6.45) is 0.430. The number of rotatable bonds is 8. The van der Waals surface area contributed by atoms with E-state index in [0.717, 1.165) is 21.5 Å². The lowest BCUT2D eigenvalue weighted by Gasteiger charge is -2.25. The summed E-state index contributed by atoms with van der Waals surface area (Å²) in [5.41, 5.74) is 0.472. The van der Waals surface area contributed by atoms with E-state index in [9.17, 15) is 4.79 Å². The highest BCUT2D eigenvalue weighted by atomic mass is 79.9. The summed E-state index contributed by atoms with van der Waals surface area (Å²) in [7, 11) is -1.51. The molecule has 0 N–H and O–H groups in total. The summed E-state index contributed by atoms with van der Waals surface area (Å²) in [4.78, 5) is 12.7. The first kappa shape index (κ1) is 18.6. The maximum Gasteiger partial charge on any atom is 0.306 e. The first-order valence-electron chi connectivity index (χ1n) is 7.65. The molecule has 1 atom stereocenters. The van der Waals surface area contributed by atoms with Crippen molar-refractivity contribution in [3.05, 3.63) is 68.0 Å². The summed E-state index contributed by atoms with van der Waals surface area (Å²) in [5, 5.41) is 7.73. The van der Waals surface area contributed by atoms with Gasteiger partial charge in [-0.3, -0.25) is 4.79 Å². The molecule has 0 radical (unpaired) electrons. The molecule has 130 valence electrons. The zero-order chi connectivity index (χ0) is 17.6. The van der Waals surface area contributed by atoms with Crippen LogP contribution in [0.1, 0.15) is 24.6 Å². The molecule has 1 aromatic carbocycles. The van der Waals surface area contributed by atoms with E-state index in [0.29, 0.717) is 6.42 Å². The number of hydrogen-bond donors (Lipinski definition) is 0. The van der Waals surface area contributed by atoms with Crippen LogP contribution in [0.15, 0.2) is 62.4 Å². The lowest BCUT2D eigenvalue weighted by molar-refractivity contribution is -0.118. The van der Waals surface area contributed by atoms with Crippen LogP contribution in [0.2, 0.25) is 0 Å². The Bertz CT molecular complexity index is 752. The van der Waals surface area contributed by atoms with Gasteiger partial charge in [0.2, 0.25) is 0 Å². The fourth-order valence-corrected chi connectivity index (χ4v) is 5.44. The maximum atomic E-state index is 12.7. The number of thiophene rings is 2. The number of hydrogen-bond acceptors (Lipinski definition) is 5. The van der Waals surface area contributed by atoms with Crippen LogP contribution in [0.25, 0.3) is 0 Å². The van der Waals surface area contributed by atoms with E-state index in [4.69, 9.17) is 9.05 Å². The molecular weight excluding hydrogens is 439 g/mol. The number of Topliss-reactive ketones (excluding diaryl/α,β-unsaturated/α-hetero) is 1. The van der Waals surface area contributed by atoms with Gasteiger partial charge in [0.15, 0.2) is 5.78 Å². The Hall–Kier alpha value is -1.20. The molecule has 0 aliphatic rings. The number of benzene rings is 1. The zero-order valence-electron chi connectivity index (χ0n) is 13.4. The van der Waals surface area contributed by atoms with Crippen molar-refractivity contribution in [1.82, 2.24) is 0 Å². The maximum absolute atomic E-state index is 12.7. The Morgan fingerprint density at radius 3 is 2.04 bits per heavy atom. The molecule has 0 bridgehead atoms. The van der Waals surface area contributed by atoms with Crippen LogP contribution in [-0.2, 0) is 4.79 Å². The molecular formula is C18H16BrO3PS2. The molecule has 0 aliphatic carbocycles. The van der Waals surface area contributed by atoms with E-state index < -0.39 is 14.0 Å². The molecule has 25 heavy (non-hydrogen) atoms. The van der Waals surface area contributed by atoms with Crippen LogP contribution in [0, 0.1) is 0 Å². The van der Waals surface area contributed by atoms with E-state index in [-0.39, 0.29) is 5.78 Å². The Kier molecular flexibility index (Phi) is 6.65. The lowest BCUT2D eigenvalue weighted by Crippen LogP contribution is -2.15. The third-order valence-corrected chi connectivity index (χ3v) is 7.07. The minimum atomic E-state index is -1.51. The van der Waals surface area contributed by atoms with Crippen molar-refractivity contribution in [3.8, 4) is 11.5 Å². The summed E-state index contributed by atoms with van der Waals surface area (Å²) in [5.74, 6) is 1.58. The molecule has 2 aromatic heterocycles. The van der Waals surface area contributed by atoms with Crippen LogP contribution >= 0.6 is 47.0 Å². The standard InChI is InChI=1S/C18H16BrO3PS2/c1-2-17(20)18(13-3-5-14(19)6-4-13)23(21-15-7-9-24-11-15)22-16-8-10-25-12-16/h3-12,18H,2H2,1H3. The quantitative estimate of drug-likeness (QED) is 0.341. The van der Waals surface area contributed by atoms with Crippen LogP contribution in [0.4, 0.5) is 0 Å². The summed E-state index contributed by atoms with van der Waals surface area (Å²) in [6, 6.07) is 11.6. The first-order chi connectivity index (χ1) is 12.2. The van der Waals surface area contributed by atoms with Crippen molar-refractivity contribution in [3.63, 3.8) is 0 Å². The van der Waals surface area contributed by atoms with E-state index in [2.05, 4.69) is 15.9 Å².